The lowest BCUT2D eigenvalue weighted by Gasteiger charge is -2.37. The van der Waals surface area contributed by atoms with Gasteiger partial charge in [0.05, 0.1) is 0 Å². The quantitative estimate of drug-likeness (QED) is 0.627. The van der Waals surface area contributed by atoms with Gasteiger partial charge >= 0.3 is 0 Å². The summed E-state index contributed by atoms with van der Waals surface area (Å²) in [6, 6.07) is 0. The molecule has 84 valence electrons. The average Bonchev–Trinajstić information content (AvgIpc) is 2.01. The largest absolute Gasteiger partial charge is 0.289 e. The predicted molar refractivity (Wildman–Crippen MR) is 64.4 cm³/mol. The van der Waals surface area contributed by atoms with Gasteiger partial charge in [-0.25, -0.2) is 0 Å². The van der Waals surface area contributed by atoms with Crippen LogP contribution in [0.1, 0.15) is 40.0 Å². The van der Waals surface area contributed by atoms with Crippen molar-refractivity contribution >= 4 is 28.3 Å². The van der Waals surface area contributed by atoms with Gasteiger partial charge in [0.15, 0.2) is 0 Å². The second-order valence-corrected chi connectivity index (χ2v) is 10.1. The number of halogens is 2. The van der Waals surface area contributed by atoms with Gasteiger partial charge in [-0.3, -0.25) is 4.57 Å². The monoisotopic (exact) mass is 256 g/mol. The van der Waals surface area contributed by atoms with Crippen molar-refractivity contribution in [3.63, 3.8) is 0 Å². The maximum atomic E-state index is 11.8. The first-order chi connectivity index (χ1) is 6.32. The van der Waals surface area contributed by atoms with Crippen LogP contribution in [0.3, 0.4) is 0 Å². The Labute approximate surface area is 96.5 Å². The molecule has 1 fully saturated rings. The third kappa shape index (κ3) is 3.15. The van der Waals surface area contributed by atoms with Crippen molar-refractivity contribution < 1.29 is 4.57 Å². The van der Waals surface area contributed by atoms with Gasteiger partial charge in [0, 0.05) is 5.66 Å². The van der Waals surface area contributed by atoms with Gasteiger partial charge in [0.25, 0.3) is 5.85 Å². The van der Waals surface area contributed by atoms with Crippen LogP contribution in [0.25, 0.3) is 0 Å². The fourth-order valence-electron chi connectivity index (χ4n) is 2.50. The summed E-state index contributed by atoms with van der Waals surface area (Å²) in [5.74, 6) is -1.37. The van der Waals surface area contributed by atoms with Crippen molar-refractivity contribution in [2.45, 2.75) is 45.7 Å². The fourth-order valence-corrected chi connectivity index (χ4v) is 5.39. The summed E-state index contributed by atoms with van der Waals surface area (Å²) in [7, 11) is 0. The summed E-state index contributed by atoms with van der Waals surface area (Å²) >= 11 is 11.7. The smallest absolute Gasteiger partial charge is 0.256 e. The molecule has 0 bridgehead atoms. The van der Waals surface area contributed by atoms with Gasteiger partial charge in [-0.1, -0.05) is 27.2 Å². The highest BCUT2D eigenvalue weighted by Crippen LogP contribution is 2.66. The normalized spacial score (nSPS) is 34.9. The number of rotatable bonds is 2. The van der Waals surface area contributed by atoms with E-state index >= 15 is 0 Å². The molecule has 0 aromatic rings. The van der Waals surface area contributed by atoms with Crippen molar-refractivity contribution in [3.05, 3.63) is 0 Å². The summed E-state index contributed by atoms with van der Waals surface area (Å²) in [5.41, 5.74) is 0.0228. The Morgan fingerprint density at radius 3 is 2.29 bits per heavy atom. The molecule has 1 rings (SSSR count). The van der Waals surface area contributed by atoms with E-state index in [1.807, 2.05) is 0 Å². The second kappa shape index (κ2) is 4.76. The standard InChI is InChI=1S/C10H19Cl2OP/c1-7(2)9-5-4-8(3)6-10(9)14(11,12)13/h7-10H,4-6H2,1-3H3. The molecule has 1 aliphatic carbocycles. The predicted octanol–water partition coefficient (Wildman–Crippen LogP) is 5.12. The Bertz CT molecular complexity index is 236. The van der Waals surface area contributed by atoms with Crippen molar-refractivity contribution in [2.24, 2.45) is 17.8 Å². The van der Waals surface area contributed by atoms with Crippen LogP contribution >= 0.6 is 28.3 Å². The van der Waals surface area contributed by atoms with Crippen LogP contribution in [0.2, 0.25) is 0 Å². The SMILES string of the molecule is CC1CCC(C(C)C)C(P(=O)(Cl)Cl)C1. The van der Waals surface area contributed by atoms with E-state index in [2.05, 4.69) is 20.8 Å². The van der Waals surface area contributed by atoms with Gasteiger partial charge in [-0.15, -0.1) is 0 Å². The first-order valence-corrected chi connectivity index (χ1v) is 8.90. The maximum absolute atomic E-state index is 11.8. The minimum atomic E-state index is -2.94. The Hall–Kier alpha value is 0.810. The third-order valence-corrected chi connectivity index (χ3v) is 6.24. The zero-order valence-corrected chi connectivity index (χ0v) is 11.4. The fraction of sp³-hybridized carbons (Fsp3) is 1.00. The Morgan fingerprint density at radius 2 is 1.86 bits per heavy atom. The van der Waals surface area contributed by atoms with Crippen LogP contribution in [-0.4, -0.2) is 5.66 Å². The molecule has 0 aromatic heterocycles. The Balaban J connectivity index is 2.79. The van der Waals surface area contributed by atoms with E-state index < -0.39 is 5.85 Å². The molecule has 1 saturated carbocycles. The molecule has 1 aliphatic rings. The molecule has 4 heteroatoms. The van der Waals surface area contributed by atoms with Gasteiger partial charge in [0.2, 0.25) is 0 Å². The lowest BCUT2D eigenvalue weighted by molar-refractivity contribution is 0.239. The van der Waals surface area contributed by atoms with Crippen LogP contribution in [0.5, 0.6) is 0 Å². The van der Waals surface area contributed by atoms with E-state index in [0.717, 1.165) is 12.8 Å². The van der Waals surface area contributed by atoms with E-state index in [1.54, 1.807) is 0 Å². The molecule has 0 saturated heterocycles. The van der Waals surface area contributed by atoms with Gasteiger partial charge < -0.3 is 0 Å². The van der Waals surface area contributed by atoms with Crippen molar-refractivity contribution in [1.82, 2.24) is 0 Å². The van der Waals surface area contributed by atoms with Crippen LogP contribution < -0.4 is 0 Å². The molecule has 3 unspecified atom stereocenters. The number of hydrogen-bond acceptors (Lipinski definition) is 1. The van der Waals surface area contributed by atoms with Crippen LogP contribution in [0, 0.1) is 17.8 Å². The van der Waals surface area contributed by atoms with E-state index in [4.69, 9.17) is 22.5 Å². The summed E-state index contributed by atoms with van der Waals surface area (Å²) in [4.78, 5) is 0. The maximum Gasteiger partial charge on any atom is 0.256 e. The third-order valence-electron chi connectivity index (χ3n) is 3.37. The molecule has 0 aliphatic heterocycles. The molecular weight excluding hydrogens is 238 g/mol. The molecule has 0 aromatic carbocycles. The highest BCUT2D eigenvalue weighted by atomic mass is 35.9. The molecule has 0 N–H and O–H groups in total. The topological polar surface area (TPSA) is 17.1 Å². The van der Waals surface area contributed by atoms with Gasteiger partial charge in [-0.05, 0) is 53.1 Å². The van der Waals surface area contributed by atoms with Gasteiger partial charge in [0.1, 0.15) is 0 Å². The summed E-state index contributed by atoms with van der Waals surface area (Å²) < 4.78 is 11.8. The first-order valence-electron chi connectivity index (χ1n) is 5.31. The van der Waals surface area contributed by atoms with E-state index in [9.17, 15) is 4.57 Å². The van der Waals surface area contributed by atoms with Crippen LogP contribution in [0.4, 0.5) is 0 Å². The molecule has 3 atom stereocenters. The lowest BCUT2D eigenvalue weighted by atomic mass is 9.77. The van der Waals surface area contributed by atoms with E-state index in [-0.39, 0.29) is 5.66 Å². The molecule has 1 nitrogen and oxygen atoms in total. The van der Waals surface area contributed by atoms with Crippen LogP contribution in [0.15, 0.2) is 0 Å². The molecule has 14 heavy (non-hydrogen) atoms. The zero-order valence-electron chi connectivity index (χ0n) is 9.04. The molecule has 0 radical (unpaired) electrons. The number of hydrogen-bond donors (Lipinski definition) is 0. The first kappa shape index (κ1) is 12.9. The molecule has 0 heterocycles. The minimum Gasteiger partial charge on any atom is -0.289 e. The molecule has 0 spiro atoms. The van der Waals surface area contributed by atoms with Crippen LogP contribution in [-0.2, 0) is 4.57 Å². The van der Waals surface area contributed by atoms with Crippen molar-refractivity contribution in [3.8, 4) is 0 Å². The average molecular weight is 257 g/mol. The molecular formula is C10H19Cl2OP. The van der Waals surface area contributed by atoms with E-state index in [1.165, 1.54) is 6.42 Å². The molecule has 0 amide bonds. The lowest BCUT2D eigenvalue weighted by Crippen LogP contribution is -2.30. The Morgan fingerprint density at radius 1 is 1.29 bits per heavy atom. The van der Waals surface area contributed by atoms with Gasteiger partial charge in [-0.2, -0.15) is 0 Å². The zero-order chi connectivity index (χ0) is 10.9. The summed E-state index contributed by atoms with van der Waals surface area (Å²) in [5, 5.41) is 0. The highest BCUT2D eigenvalue weighted by Gasteiger charge is 2.40. The summed E-state index contributed by atoms with van der Waals surface area (Å²) in [6.45, 7) is 6.52. The Kier molecular flexibility index (Phi) is 4.38. The summed E-state index contributed by atoms with van der Waals surface area (Å²) in [6.07, 6.45) is 3.26. The highest BCUT2D eigenvalue weighted by molar-refractivity contribution is 8.09. The minimum absolute atomic E-state index is 0.0228. The van der Waals surface area contributed by atoms with Crippen molar-refractivity contribution in [2.75, 3.05) is 0 Å². The second-order valence-electron chi connectivity index (χ2n) is 4.90. The van der Waals surface area contributed by atoms with E-state index in [0.29, 0.717) is 17.8 Å². The van der Waals surface area contributed by atoms with Crippen molar-refractivity contribution in [1.29, 1.82) is 0 Å².